The normalized spacial score (nSPS) is 14.1. The van der Waals surface area contributed by atoms with Gasteiger partial charge in [-0.25, -0.2) is 9.97 Å². The lowest BCUT2D eigenvalue weighted by atomic mass is 9.98. The number of rotatable bonds is 2. The van der Waals surface area contributed by atoms with Gasteiger partial charge in [-0.05, 0) is 55.9 Å². The molecule has 18 heavy (non-hydrogen) atoms. The smallest absolute Gasteiger partial charge is 0.227 e. The molecule has 3 rings (SSSR count). The Morgan fingerprint density at radius 2 is 2.06 bits per heavy atom. The van der Waals surface area contributed by atoms with Crippen LogP contribution >= 0.6 is 0 Å². The molecule has 3 heteroatoms. The van der Waals surface area contributed by atoms with Gasteiger partial charge in [-0.3, -0.25) is 0 Å². The number of nitrogens with one attached hydrogen (secondary N) is 1. The lowest BCUT2D eigenvalue weighted by Crippen LogP contribution is -2.08. The van der Waals surface area contributed by atoms with E-state index in [4.69, 9.17) is 0 Å². The number of nitrogens with zero attached hydrogens (tertiary/aromatic N) is 2. The van der Waals surface area contributed by atoms with Crippen molar-refractivity contribution in [3.8, 4) is 0 Å². The van der Waals surface area contributed by atoms with E-state index in [0.717, 1.165) is 18.5 Å². The maximum absolute atomic E-state index is 4.62. The van der Waals surface area contributed by atoms with Crippen LogP contribution in [0, 0.1) is 6.92 Å². The van der Waals surface area contributed by atoms with Crippen LogP contribution in [0.15, 0.2) is 30.5 Å². The molecular formula is C15H17N3. The molecule has 0 atom stereocenters. The second-order valence-electron chi connectivity index (χ2n) is 4.87. The van der Waals surface area contributed by atoms with Crippen molar-refractivity contribution in [1.82, 2.24) is 9.97 Å². The average molecular weight is 239 g/mol. The van der Waals surface area contributed by atoms with Gasteiger partial charge in [0.25, 0.3) is 0 Å². The van der Waals surface area contributed by atoms with Crippen LogP contribution in [0.4, 0.5) is 11.6 Å². The molecule has 92 valence electrons. The van der Waals surface area contributed by atoms with Crippen molar-refractivity contribution in [3.05, 3.63) is 47.3 Å². The molecule has 0 bridgehead atoms. The highest BCUT2D eigenvalue weighted by atomic mass is 15.1. The summed E-state index contributed by atoms with van der Waals surface area (Å²) in [5, 5.41) is 3.27. The van der Waals surface area contributed by atoms with Crippen LogP contribution in [0.3, 0.4) is 0 Å². The Morgan fingerprint density at radius 3 is 2.94 bits per heavy atom. The highest BCUT2D eigenvalue weighted by Gasteiger charge is 2.11. The van der Waals surface area contributed by atoms with Crippen molar-refractivity contribution in [2.45, 2.75) is 32.6 Å². The fraction of sp³-hybridized carbons (Fsp3) is 0.333. The first-order valence-corrected chi connectivity index (χ1v) is 6.50. The zero-order valence-electron chi connectivity index (χ0n) is 10.6. The predicted octanol–water partition coefficient (Wildman–Crippen LogP) is 3.41. The van der Waals surface area contributed by atoms with E-state index in [9.17, 15) is 0 Å². The van der Waals surface area contributed by atoms with E-state index >= 15 is 0 Å². The number of anilines is 2. The van der Waals surface area contributed by atoms with E-state index < -0.39 is 0 Å². The molecule has 0 radical (unpaired) electrons. The summed E-state index contributed by atoms with van der Waals surface area (Å²) in [6.45, 7) is 2.08. The molecule has 0 amide bonds. The monoisotopic (exact) mass is 239 g/mol. The number of hydrogen-bond acceptors (Lipinski definition) is 3. The Balaban J connectivity index is 1.85. The van der Waals surface area contributed by atoms with E-state index in [1.807, 2.05) is 18.3 Å². The third kappa shape index (κ3) is 2.35. The van der Waals surface area contributed by atoms with E-state index in [1.54, 1.807) is 0 Å². The van der Waals surface area contributed by atoms with Gasteiger partial charge < -0.3 is 5.32 Å². The standard InChI is InChI=1S/C15H17N3/c1-11-5-4-7-13(9-11)17-15-16-10-12-6-2-3-8-14(12)18-15/h4-5,7,9-10H,2-3,6,8H2,1H3,(H,16,17,18). The van der Waals surface area contributed by atoms with Gasteiger partial charge in [0, 0.05) is 17.6 Å². The topological polar surface area (TPSA) is 37.8 Å². The minimum absolute atomic E-state index is 0.709. The molecule has 0 unspecified atom stereocenters. The second-order valence-corrected chi connectivity index (χ2v) is 4.87. The molecule has 1 aliphatic carbocycles. The summed E-state index contributed by atoms with van der Waals surface area (Å²) >= 11 is 0. The quantitative estimate of drug-likeness (QED) is 0.872. The molecule has 1 aromatic carbocycles. The Morgan fingerprint density at radius 1 is 1.17 bits per heavy atom. The van der Waals surface area contributed by atoms with Crippen LogP contribution in [0.1, 0.15) is 29.7 Å². The molecular weight excluding hydrogens is 222 g/mol. The summed E-state index contributed by atoms with van der Waals surface area (Å²) in [6, 6.07) is 8.26. The average Bonchev–Trinajstić information content (AvgIpc) is 2.39. The number of aryl methyl sites for hydroxylation is 3. The molecule has 1 aromatic heterocycles. The molecule has 0 aliphatic heterocycles. The van der Waals surface area contributed by atoms with Crippen LogP contribution in [0.2, 0.25) is 0 Å². The van der Waals surface area contributed by atoms with Gasteiger partial charge in [-0.15, -0.1) is 0 Å². The van der Waals surface area contributed by atoms with E-state index in [2.05, 4.69) is 34.3 Å². The Labute approximate surface area is 107 Å². The molecule has 0 fully saturated rings. The Hall–Kier alpha value is -1.90. The molecule has 1 aliphatic rings. The number of hydrogen-bond donors (Lipinski definition) is 1. The van der Waals surface area contributed by atoms with Gasteiger partial charge in [0.05, 0.1) is 0 Å². The highest BCUT2D eigenvalue weighted by molar-refractivity contribution is 5.54. The van der Waals surface area contributed by atoms with Crippen molar-refractivity contribution in [2.24, 2.45) is 0 Å². The molecule has 0 spiro atoms. The van der Waals surface area contributed by atoms with E-state index in [1.165, 1.54) is 29.7 Å². The van der Waals surface area contributed by atoms with Crippen molar-refractivity contribution >= 4 is 11.6 Å². The molecule has 2 aromatic rings. The number of aromatic nitrogens is 2. The highest BCUT2D eigenvalue weighted by Crippen LogP contribution is 2.21. The fourth-order valence-corrected chi connectivity index (χ4v) is 2.39. The SMILES string of the molecule is Cc1cccc(Nc2ncc3c(n2)CCCC3)c1. The summed E-state index contributed by atoms with van der Waals surface area (Å²) in [6.07, 6.45) is 6.69. The number of fused-ring (bicyclic) bond motifs is 1. The van der Waals surface area contributed by atoms with Crippen LogP contribution in [0.5, 0.6) is 0 Å². The van der Waals surface area contributed by atoms with Crippen LogP contribution in [0.25, 0.3) is 0 Å². The zero-order chi connectivity index (χ0) is 12.4. The minimum Gasteiger partial charge on any atom is -0.324 e. The van der Waals surface area contributed by atoms with Crippen LogP contribution < -0.4 is 5.32 Å². The van der Waals surface area contributed by atoms with E-state index in [-0.39, 0.29) is 0 Å². The molecule has 1 N–H and O–H groups in total. The van der Waals surface area contributed by atoms with Crippen LogP contribution in [-0.4, -0.2) is 9.97 Å². The summed E-state index contributed by atoms with van der Waals surface area (Å²) in [5.41, 5.74) is 4.81. The summed E-state index contributed by atoms with van der Waals surface area (Å²) < 4.78 is 0. The van der Waals surface area contributed by atoms with Gasteiger partial charge >= 0.3 is 0 Å². The molecule has 1 heterocycles. The lowest BCUT2D eigenvalue weighted by Gasteiger charge is -2.15. The van der Waals surface area contributed by atoms with Crippen molar-refractivity contribution in [3.63, 3.8) is 0 Å². The summed E-state index contributed by atoms with van der Waals surface area (Å²) in [7, 11) is 0. The van der Waals surface area contributed by atoms with Gasteiger partial charge in [0.2, 0.25) is 5.95 Å². The summed E-state index contributed by atoms with van der Waals surface area (Å²) in [5.74, 6) is 0.709. The van der Waals surface area contributed by atoms with Gasteiger partial charge in [-0.2, -0.15) is 0 Å². The van der Waals surface area contributed by atoms with Crippen LogP contribution in [-0.2, 0) is 12.8 Å². The maximum Gasteiger partial charge on any atom is 0.227 e. The Bertz CT molecular complexity index is 563. The predicted molar refractivity (Wildman–Crippen MR) is 73.1 cm³/mol. The molecule has 0 saturated heterocycles. The largest absolute Gasteiger partial charge is 0.324 e. The first-order valence-electron chi connectivity index (χ1n) is 6.50. The van der Waals surface area contributed by atoms with Gasteiger partial charge in [0.1, 0.15) is 0 Å². The zero-order valence-corrected chi connectivity index (χ0v) is 10.6. The lowest BCUT2D eigenvalue weighted by molar-refractivity contribution is 0.663. The first kappa shape index (κ1) is 11.2. The molecule has 0 saturated carbocycles. The first-order chi connectivity index (χ1) is 8.81. The number of benzene rings is 1. The van der Waals surface area contributed by atoms with Gasteiger partial charge in [0.15, 0.2) is 0 Å². The third-order valence-electron chi connectivity index (χ3n) is 3.34. The van der Waals surface area contributed by atoms with Crippen molar-refractivity contribution < 1.29 is 0 Å². The Kier molecular flexibility index (Phi) is 2.97. The van der Waals surface area contributed by atoms with Crippen molar-refractivity contribution in [1.29, 1.82) is 0 Å². The third-order valence-corrected chi connectivity index (χ3v) is 3.34. The second kappa shape index (κ2) is 4.77. The van der Waals surface area contributed by atoms with Gasteiger partial charge in [-0.1, -0.05) is 12.1 Å². The fourth-order valence-electron chi connectivity index (χ4n) is 2.39. The maximum atomic E-state index is 4.62. The minimum atomic E-state index is 0.709. The molecule has 3 nitrogen and oxygen atoms in total. The van der Waals surface area contributed by atoms with Crippen molar-refractivity contribution in [2.75, 3.05) is 5.32 Å². The summed E-state index contributed by atoms with van der Waals surface area (Å²) in [4.78, 5) is 9.01. The van der Waals surface area contributed by atoms with E-state index in [0.29, 0.717) is 5.95 Å².